The first-order chi connectivity index (χ1) is 12.4. The fraction of sp³-hybridized carbons (Fsp3) is 0.565. The van der Waals surface area contributed by atoms with Crippen LogP contribution in [0.2, 0.25) is 18.1 Å². The smallest absolute Gasteiger partial charge is 0.250 e. The molecule has 1 N–H and O–H groups in total. The highest BCUT2D eigenvalue weighted by atomic mass is 28.4. The van der Waals surface area contributed by atoms with Crippen molar-refractivity contribution >= 4 is 14.0 Å². The predicted molar refractivity (Wildman–Crippen MR) is 119 cm³/mol. The number of fused-ring (bicyclic) bond motifs is 1. The molecule has 1 aromatic rings. The van der Waals surface area contributed by atoms with Gasteiger partial charge in [0.15, 0.2) is 0 Å². The zero-order valence-corrected chi connectivity index (χ0v) is 19.3. The molecular formula is C23H36N2OSi. The van der Waals surface area contributed by atoms with Crippen LogP contribution in [0.25, 0.3) is 0 Å². The molecule has 0 spiro atoms. The van der Waals surface area contributed by atoms with Crippen molar-refractivity contribution in [3.63, 3.8) is 0 Å². The Bertz CT molecular complexity index is 754. The monoisotopic (exact) mass is 384 g/mol. The fourth-order valence-electron chi connectivity index (χ4n) is 3.91. The second kappa shape index (κ2) is 6.73. The van der Waals surface area contributed by atoms with Gasteiger partial charge in [0.2, 0.25) is 8.32 Å². The Morgan fingerprint density at radius 1 is 1.11 bits per heavy atom. The van der Waals surface area contributed by atoms with Crippen molar-refractivity contribution in [3.8, 4) is 5.75 Å². The topological polar surface area (TPSA) is 24.5 Å². The van der Waals surface area contributed by atoms with Crippen LogP contribution >= 0.6 is 0 Å². The maximum atomic E-state index is 6.39. The van der Waals surface area contributed by atoms with Crippen molar-refractivity contribution in [1.29, 1.82) is 0 Å². The number of anilines is 1. The number of allylic oxidation sites excluding steroid dienone is 4. The molecule has 1 aliphatic heterocycles. The van der Waals surface area contributed by atoms with Crippen LogP contribution in [0.4, 0.5) is 5.69 Å². The van der Waals surface area contributed by atoms with Gasteiger partial charge in [-0.2, -0.15) is 0 Å². The van der Waals surface area contributed by atoms with E-state index in [0.717, 1.165) is 24.4 Å². The van der Waals surface area contributed by atoms with Gasteiger partial charge in [-0.1, -0.05) is 34.6 Å². The van der Waals surface area contributed by atoms with Crippen molar-refractivity contribution in [3.05, 3.63) is 47.8 Å². The van der Waals surface area contributed by atoms with E-state index in [4.69, 9.17) is 4.43 Å². The lowest BCUT2D eigenvalue weighted by atomic mass is 9.76. The van der Waals surface area contributed by atoms with E-state index in [0.29, 0.717) is 11.3 Å². The predicted octanol–water partition coefficient (Wildman–Crippen LogP) is 6.24. The lowest BCUT2D eigenvalue weighted by molar-refractivity contribution is 0.283. The molecule has 3 rings (SSSR count). The Balaban J connectivity index is 1.68. The first-order valence-corrected chi connectivity index (χ1v) is 13.0. The minimum absolute atomic E-state index is 0.210. The molecule has 1 atom stereocenters. The molecular weight excluding hydrogens is 348 g/mol. The molecule has 148 valence electrons. The van der Waals surface area contributed by atoms with Gasteiger partial charge >= 0.3 is 0 Å². The highest BCUT2D eigenvalue weighted by molar-refractivity contribution is 6.74. The van der Waals surface area contributed by atoms with Crippen molar-refractivity contribution in [2.75, 3.05) is 18.9 Å². The standard InChI is InChI=1S/C23H36N2OSi/c1-22(2,3)27(7,8)26-19-12-9-17(10-13-19)24-18-11-14-21-20(15-18)23(4,5)16-25(21)6/h9-14,20,24H,15-16H2,1-8H3. The second-order valence-corrected chi connectivity index (χ2v) is 15.1. The molecule has 1 aliphatic carbocycles. The molecule has 0 radical (unpaired) electrons. The number of nitrogens with zero attached hydrogens (tertiary/aromatic N) is 1. The van der Waals surface area contributed by atoms with Crippen LogP contribution in [0.1, 0.15) is 41.0 Å². The maximum Gasteiger partial charge on any atom is 0.250 e. The summed E-state index contributed by atoms with van der Waals surface area (Å²) in [4.78, 5) is 2.41. The summed E-state index contributed by atoms with van der Waals surface area (Å²) < 4.78 is 6.39. The summed E-state index contributed by atoms with van der Waals surface area (Å²) in [5.41, 5.74) is 4.22. The quantitative estimate of drug-likeness (QED) is 0.622. The molecule has 1 aromatic carbocycles. The molecule has 3 nitrogen and oxygen atoms in total. The van der Waals surface area contributed by atoms with E-state index < -0.39 is 8.32 Å². The van der Waals surface area contributed by atoms with Gasteiger partial charge in [0.1, 0.15) is 5.75 Å². The van der Waals surface area contributed by atoms with E-state index >= 15 is 0 Å². The lowest BCUT2D eigenvalue weighted by Crippen LogP contribution is -2.43. The summed E-state index contributed by atoms with van der Waals surface area (Å²) in [6.07, 6.45) is 5.61. The zero-order valence-electron chi connectivity index (χ0n) is 18.3. The number of likely N-dealkylation sites (tertiary alicyclic amines) is 1. The molecule has 2 aliphatic rings. The molecule has 0 amide bonds. The summed E-state index contributed by atoms with van der Waals surface area (Å²) in [5, 5.41) is 3.83. The van der Waals surface area contributed by atoms with Gasteiger partial charge in [0.25, 0.3) is 0 Å². The Morgan fingerprint density at radius 2 is 1.74 bits per heavy atom. The number of hydrogen-bond acceptors (Lipinski definition) is 3. The largest absolute Gasteiger partial charge is 0.544 e. The molecule has 0 bridgehead atoms. The Hall–Kier alpha value is -1.68. The molecule has 4 heteroatoms. The average Bonchev–Trinajstić information content (AvgIpc) is 2.77. The number of benzene rings is 1. The van der Waals surface area contributed by atoms with Crippen molar-refractivity contribution < 1.29 is 4.43 Å². The van der Waals surface area contributed by atoms with Gasteiger partial charge in [0, 0.05) is 36.6 Å². The van der Waals surface area contributed by atoms with E-state index in [2.05, 4.69) is 101 Å². The Morgan fingerprint density at radius 3 is 2.33 bits per heavy atom. The normalized spacial score (nSPS) is 22.1. The SMILES string of the molecule is CN1CC(C)(C)C2CC(Nc3ccc(O[Si](C)(C)C(C)(C)C)cc3)=CC=C21. The molecule has 1 fully saturated rings. The van der Waals surface area contributed by atoms with Crippen LogP contribution < -0.4 is 9.74 Å². The maximum absolute atomic E-state index is 6.39. The highest BCUT2D eigenvalue weighted by Crippen LogP contribution is 2.46. The van der Waals surface area contributed by atoms with Crippen molar-refractivity contribution in [2.24, 2.45) is 11.3 Å². The van der Waals surface area contributed by atoms with Crippen molar-refractivity contribution in [2.45, 2.75) is 59.2 Å². The van der Waals surface area contributed by atoms with Crippen LogP contribution in [0.5, 0.6) is 5.75 Å². The summed E-state index contributed by atoms with van der Waals surface area (Å²) >= 11 is 0. The van der Waals surface area contributed by atoms with E-state index in [1.54, 1.807) is 0 Å². The lowest BCUT2D eigenvalue weighted by Gasteiger charge is -2.36. The van der Waals surface area contributed by atoms with E-state index in [9.17, 15) is 0 Å². The fourth-order valence-corrected chi connectivity index (χ4v) is 4.94. The molecule has 1 heterocycles. The average molecular weight is 385 g/mol. The van der Waals surface area contributed by atoms with Crippen LogP contribution in [0, 0.1) is 11.3 Å². The van der Waals surface area contributed by atoms with E-state index in [-0.39, 0.29) is 5.04 Å². The van der Waals surface area contributed by atoms with E-state index in [1.807, 2.05) is 0 Å². The number of hydrogen-bond donors (Lipinski definition) is 1. The summed E-state index contributed by atoms with van der Waals surface area (Å²) in [7, 11) is 0.422. The van der Waals surface area contributed by atoms with Gasteiger partial charge in [-0.05, 0) is 66.4 Å². The number of rotatable bonds is 4. The second-order valence-electron chi connectivity index (χ2n) is 10.4. The first-order valence-electron chi connectivity index (χ1n) is 10.1. The van der Waals surface area contributed by atoms with Gasteiger partial charge in [-0.25, -0.2) is 0 Å². The van der Waals surface area contributed by atoms with Crippen LogP contribution in [-0.4, -0.2) is 26.8 Å². The summed E-state index contributed by atoms with van der Waals surface area (Å²) in [5.74, 6) is 1.57. The first kappa shape index (κ1) is 20.1. The van der Waals surface area contributed by atoms with Crippen LogP contribution in [0.15, 0.2) is 47.8 Å². The summed E-state index contributed by atoms with van der Waals surface area (Å²) in [6, 6.07) is 8.46. The Kier molecular flexibility index (Phi) is 5.00. The van der Waals surface area contributed by atoms with E-state index in [1.165, 1.54) is 11.4 Å². The van der Waals surface area contributed by atoms with Gasteiger partial charge in [-0.15, -0.1) is 0 Å². The summed E-state index contributed by atoms with van der Waals surface area (Å²) in [6.45, 7) is 17.3. The number of nitrogens with one attached hydrogen (secondary N) is 1. The van der Waals surface area contributed by atoms with Crippen LogP contribution in [0.3, 0.4) is 0 Å². The molecule has 1 saturated heterocycles. The van der Waals surface area contributed by atoms with Gasteiger partial charge < -0.3 is 14.6 Å². The van der Waals surface area contributed by atoms with Gasteiger partial charge in [0.05, 0.1) is 0 Å². The zero-order chi connectivity index (χ0) is 20.0. The molecule has 0 aromatic heterocycles. The third-order valence-electron chi connectivity index (χ3n) is 6.60. The molecule has 0 saturated carbocycles. The molecule has 27 heavy (non-hydrogen) atoms. The van der Waals surface area contributed by atoms with Crippen molar-refractivity contribution in [1.82, 2.24) is 4.90 Å². The molecule has 1 unspecified atom stereocenters. The third-order valence-corrected chi connectivity index (χ3v) is 11.0. The van der Waals surface area contributed by atoms with Gasteiger partial charge in [-0.3, -0.25) is 0 Å². The van der Waals surface area contributed by atoms with Crippen LogP contribution in [-0.2, 0) is 0 Å². The highest BCUT2D eigenvalue weighted by Gasteiger charge is 2.42. The minimum atomic E-state index is -1.79. The Labute approximate surface area is 166 Å². The minimum Gasteiger partial charge on any atom is -0.544 e. The third kappa shape index (κ3) is 4.10.